The van der Waals surface area contributed by atoms with Crippen LogP contribution in [0.1, 0.15) is 54.6 Å². The maximum Gasteiger partial charge on any atom is 0.179 e. The van der Waals surface area contributed by atoms with Crippen molar-refractivity contribution in [3.63, 3.8) is 0 Å². The summed E-state index contributed by atoms with van der Waals surface area (Å²) in [4.78, 5) is 0. The average molecular weight is 487 g/mol. The topological polar surface area (TPSA) is 7.76 Å². The van der Waals surface area contributed by atoms with E-state index < -0.39 is 0 Å². The van der Waals surface area contributed by atoms with Gasteiger partial charge in [0.1, 0.15) is 0 Å². The Kier molecular flexibility index (Phi) is 7.75. The molecule has 2 aromatic carbocycles. The van der Waals surface area contributed by atoms with E-state index in [1.807, 2.05) is 0 Å². The molecule has 0 bridgehead atoms. The van der Waals surface area contributed by atoms with Gasteiger partial charge in [0.15, 0.2) is 37.4 Å². The number of aryl methyl sites for hydroxylation is 2. The average Bonchev–Trinajstić information content (AvgIpc) is 2.95. The molecule has 2 heterocycles. The molecule has 0 saturated heterocycles. The van der Waals surface area contributed by atoms with Gasteiger partial charge in [-0.25, -0.2) is 4.57 Å². The highest BCUT2D eigenvalue weighted by Crippen LogP contribution is 2.25. The van der Waals surface area contributed by atoms with E-state index >= 15 is 0 Å². The molecular formula is C35H38N2+2. The van der Waals surface area contributed by atoms with Crippen LogP contribution in [0.4, 0.5) is 0 Å². The van der Waals surface area contributed by atoms with Gasteiger partial charge in [-0.3, -0.25) is 0 Å². The zero-order valence-corrected chi connectivity index (χ0v) is 22.4. The van der Waals surface area contributed by atoms with Crippen LogP contribution >= 0.6 is 0 Å². The molecule has 1 aliphatic carbocycles. The summed E-state index contributed by atoms with van der Waals surface area (Å²) >= 11 is 0. The molecule has 2 nitrogen and oxygen atoms in total. The summed E-state index contributed by atoms with van der Waals surface area (Å²) in [5.74, 6) is 0.694. The third-order valence-corrected chi connectivity index (χ3v) is 7.59. The summed E-state index contributed by atoms with van der Waals surface area (Å²) in [7, 11) is 0. The minimum absolute atomic E-state index is 0.694. The fraction of sp³-hybridized carbons (Fsp3) is 0.257. The standard InChI is InChI=1S/C35H38N2/c1-4-28-9-13-32(14-10-28)34-17-20-36(21-18-34)25-30-7-6-8-31(24-30)26-37-22-19-35(23-27(37)3)33-15-11-29(5-2)12-16-33/h6-11,13-24,29H,4-5,12,25-26H2,1-3H3/q+2. The molecular weight excluding hydrogens is 448 g/mol. The third-order valence-electron chi connectivity index (χ3n) is 7.59. The molecule has 1 aliphatic rings. The highest BCUT2D eigenvalue weighted by atomic mass is 14.9. The lowest BCUT2D eigenvalue weighted by atomic mass is 9.92. The molecule has 4 aromatic rings. The van der Waals surface area contributed by atoms with E-state index in [1.54, 1.807) is 0 Å². The predicted octanol–water partition coefficient (Wildman–Crippen LogP) is 7.27. The summed E-state index contributed by atoms with van der Waals surface area (Å²) in [6.07, 6.45) is 17.1. The molecule has 0 fully saturated rings. The highest BCUT2D eigenvalue weighted by Gasteiger charge is 2.14. The number of hydrogen-bond donors (Lipinski definition) is 0. The van der Waals surface area contributed by atoms with Crippen LogP contribution in [0.15, 0.2) is 110 Å². The van der Waals surface area contributed by atoms with Crippen molar-refractivity contribution < 1.29 is 9.13 Å². The van der Waals surface area contributed by atoms with Crippen LogP contribution in [0, 0.1) is 12.8 Å². The van der Waals surface area contributed by atoms with Crippen molar-refractivity contribution in [3.05, 3.63) is 138 Å². The monoisotopic (exact) mass is 486 g/mol. The van der Waals surface area contributed by atoms with E-state index in [0.29, 0.717) is 5.92 Å². The summed E-state index contributed by atoms with van der Waals surface area (Å²) in [5, 5.41) is 0. The van der Waals surface area contributed by atoms with Crippen LogP contribution in [0.3, 0.4) is 0 Å². The van der Waals surface area contributed by atoms with Crippen LogP contribution in [0.25, 0.3) is 16.7 Å². The molecule has 186 valence electrons. The summed E-state index contributed by atoms with van der Waals surface area (Å²) in [6.45, 7) is 8.41. The maximum atomic E-state index is 2.39. The van der Waals surface area contributed by atoms with Gasteiger partial charge in [0, 0.05) is 42.3 Å². The Morgan fingerprint density at radius 2 is 1.43 bits per heavy atom. The molecule has 0 spiro atoms. The van der Waals surface area contributed by atoms with Gasteiger partial charge in [0.25, 0.3) is 0 Å². The first-order chi connectivity index (χ1) is 18.1. The number of hydrogen-bond acceptors (Lipinski definition) is 0. The fourth-order valence-corrected chi connectivity index (χ4v) is 5.10. The van der Waals surface area contributed by atoms with Crippen LogP contribution < -0.4 is 9.13 Å². The molecule has 0 amide bonds. The first-order valence-electron chi connectivity index (χ1n) is 13.7. The van der Waals surface area contributed by atoms with Gasteiger partial charge in [-0.05, 0) is 59.1 Å². The van der Waals surface area contributed by atoms with E-state index in [9.17, 15) is 0 Å². The van der Waals surface area contributed by atoms with Crippen molar-refractivity contribution in [2.24, 2.45) is 5.92 Å². The van der Waals surface area contributed by atoms with Crippen molar-refractivity contribution in [1.29, 1.82) is 0 Å². The molecule has 1 atom stereocenters. The van der Waals surface area contributed by atoms with Gasteiger partial charge in [-0.2, -0.15) is 4.57 Å². The van der Waals surface area contributed by atoms with Crippen LogP contribution in [-0.2, 0) is 19.5 Å². The molecule has 2 aromatic heterocycles. The smallest absolute Gasteiger partial charge is 0.179 e. The largest absolute Gasteiger partial charge is 0.201 e. The van der Waals surface area contributed by atoms with Crippen molar-refractivity contribution in [2.45, 2.75) is 53.1 Å². The zero-order chi connectivity index (χ0) is 25.6. The SMILES string of the molecule is CCc1ccc(-c2cc[n+](Cc3cccc(C[n+]4ccc(C5=CCC(CC)C=C5)cc4C)c3)cc2)cc1. The third kappa shape index (κ3) is 6.14. The second-order valence-electron chi connectivity index (χ2n) is 10.2. The van der Waals surface area contributed by atoms with Gasteiger partial charge in [0.2, 0.25) is 0 Å². The first-order valence-corrected chi connectivity index (χ1v) is 13.7. The lowest BCUT2D eigenvalue weighted by molar-refractivity contribution is -0.694. The van der Waals surface area contributed by atoms with E-state index in [4.69, 9.17) is 0 Å². The van der Waals surface area contributed by atoms with E-state index in [-0.39, 0.29) is 0 Å². The fourth-order valence-electron chi connectivity index (χ4n) is 5.10. The number of nitrogens with zero attached hydrogens (tertiary/aromatic N) is 2. The Bertz CT molecular complexity index is 1410. The lowest BCUT2D eigenvalue weighted by Gasteiger charge is -2.14. The molecule has 0 aliphatic heterocycles. The molecule has 2 heteroatoms. The predicted molar refractivity (Wildman–Crippen MR) is 153 cm³/mol. The minimum Gasteiger partial charge on any atom is -0.201 e. The Balaban J connectivity index is 1.25. The molecule has 37 heavy (non-hydrogen) atoms. The quantitative estimate of drug-likeness (QED) is 0.231. The van der Waals surface area contributed by atoms with E-state index in [1.165, 1.54) is 51.1 Å². The second kappa shape index (κ2) is 11.5. The van der Waals surface area contributed by atoms with Crippen molar-refractivity contribution in [2.75, 3.05) is 0 Å². The minimum atomic E-state index is 0.694. The van der Waals surface area contributed by atoms with Crippen LogP contribution in [-0.4, -0.2) is 0 Å². The van der Waals surface area contributed by atoms with Gasteiger partial charge in [-0.15, -0.1) is 0 Å². The Labute approximate surface area is 222 Å². The number of allylic oxidation sites excluding steroid dienone is 4. The molecule has 0 saturated carbocycles. The Morgan fingerprint density at radius 3 is 2.08 bits per heavy atom. The van der Waals surface area contributed by atoms with Crippen molar-refractivity contribution in [3.8, 4) is 11.1 Å². The number of aromatic nitrogens is 2. The zero-order valence-electron chi connectivity index (χ0n) is 22.4. The molecule has 0 N–H and O–H groups in total. The summed E-state index contributed by atoms with van der Waals surface area (Å²) < 4.78 is 4.60. The number of rotatable bonds is 8. The summed E-state index contributed by atoms with van der Waals surface area (Å²) in [6, 6.07) is 26.9. The second-order valence-corrected chi connectivity index (χ2v) is 10.2. The number of benzene rings is 2. The molecule has 0 radical (unpaired) electrons. The Morgan fingerprint density at radius 1 is 0.730 bits per heavy atom. The highest BCUT2D eigenvalue weighted by molar-refractivity contribution is 5.74. The van der Waals surface area contributed by atoms with Gasteiger partial charge >= 0.3 is 0 Å². The van der Waals surface area contributed by atoms with Gasteiger partial charge in [-0.1, -0.05) is 74.5 Å². The molecule has 1 unspecified atom stereocenters. The lowest BCUT2D eigenvalue weighted by Crippen LogP contribution is -2.37. The first kappa shape index (κ1) is 24.9. The van der Waals surface area contributed by atoms with Crippen LogP contribution in [0.2, 0.25) is 0 Å². The normalized spacial score (nSPS) is 15.0. The van der Waals surface area contributed by atoms with Gasteiger partial charge < -0.3 is 0 Å². The maximum absolute atomic E-state index is 2.39. The number of pyridine rings is 2. The summed E-state index contributed by atoms with van der Waals surface area (Å²) in [5.41, 5.74) is 10.5. The van der Waals surface area contributed by atoms with Gasteiger partial charge in [0.05, 0.1) is 0 Å². The van der Waals surface area contributed by atoms with E-state index in [0.717, 1.165) is 25.9 Å². The molecule has 5 rings (SSSR count). The van der Waals surface area contributed by atoms with E-state index in [2.05, 4.69) is 140 Å². The Hall–Kier alpha value is -3.78. The van der Waals surface area contributed by atoms with Crippen molar-refractivity contribution in [1.82, 2.24) is 0 Å². The van der Waals surface area contributed by atoms with Crippen molar-refractivity contribution >= 4 is 5.57 Å². The van der Waals surface area contributed by atoms with Crippen LogP contribution in [0.5, 0.6) is 0 Å².